The van der Waals surface area contributed by atoms with Gasteiger partial charge in [-0.05, 0) is 53.3 Å². The van der Waals surface area contributed by atoms with E-state index in [-0.39, 0.29) is 5.91 Å². The molecular weight excluding hydrogens is 341 g/mol. The van der Waals surface area contributed by atoms with Crippen LogP contribution in [0.25, 0.3) is 0 Å². The molecule has 0 aliphatic rings. The smallest absolute Gasteiger partial charge is 0.256 e. The second kappa shape index (κ2) is 5.34. The summed E-state index contributed by atoms with van der Waals surface area (Å²) in [5.41, 5.74) is 7.86. The topological polar surface area (TPSA) is 68.0 Å². The molecule has 1 aromatic carbocycles. The van der Waals surface area contributed by atoms with Crippen LogP contribution in [0, 0.1) is 10.5 Å². The number of aryl methyl sites for hydroxylation is 1. The quantitative estimate of drug-likeness (QED) is 0.816. The van der Waals surface area contributed by atoms with Crippen molar-refractivity contribution >= 4 is 40.0 Å². The SMILES string of the molecule is Cc1cccc(C(=O)Nc2ccc(N)nc2)c1I. The molecule has 0 unspecified atom stereocenters. The van der Waals surface area contributed by atoms with Crippen LogP contribution in [0.5, 0.6) is 0 Å². The zero-order valence-corrected chi connectivity index (χ0v) is 11.9. The third-order valence-corrected chi connectivity index (χ3v) is 3.91. The molecule has 0 spiro atoms. The number of nitrogens with zero attached hydrogens (tertiary/aromatic N) is 1. The minimum Gasteiger partial charge on any atom is -0.384 e. The first-order valence-corrected chi connectivity index (χ1v) is 6.44. The van der Waals surface area contributed by atoms with Gasteiger partial charge in [0, 0.05) is 3.57 Å². The number of pyridine rings is 1. The maximum atomic E-state index is 12.1. The zero-order valence-electron chi connectivity index (χ0n) is 9.77. The largest absolute Gasteiger partial charge is 0.384 e. The number of anilines is 2. The van der Waals surface area contributed by atoms with Crippen molar-refractivity contribution in [1.29, 1.82) is 0 Å². The maximum Gasteiger partial charge on any atom is 0.256 e. The molecule has 0 aliphatic heterocycles. The Kier molecular flexibility index (Phi) is 3.81. The van der Waals surface area contributed by atoms with E-state index in [9.17, 15) is 4.79 Å². The molecule has 0 saturated heterocycles. The summed E-state index contributed by atoms with van der Waals surface area (Å²) < 4.78 is 0.955. The number of rotatable bonds is 2. The highest BCUT2D eigenvalue weighted by Gasteiger charge is 2.11. The number of nitrogen functional groups attached to an aromatic ring is 1. The maximum absolute atomic E-state index is 12.1. The molecule has 1 aromatic heterocycles. The number of carbonyl (C=O) groups is 1. The first-order valence-electron chi connectivity index (χ1n) is 5.36. The van der Waals surface area contributed by atoms with Gasteiger partial charge in [-0.25, -0.2) is 4.98 Å². The normalized spacial score (nSPS) is 10.1. The van der Waals surface area contributed by atoms with Crippen molar-refractivity contribution in [3.63, 3.8) is 0 Å². The highest BCUT2D eigenvalue weighted by atomic mass is 127. The van der Waals surface area contributed by atoms with Gasteiger partial charge in [0.15, 0.2) is 0 Å². The molecule has 4 nitrogen and oxygen atoms in total. The lowest BCUT2D eigenvalue weighted by Gasteiger charge is -2.08. The number of aromatic nitrogens is 1. The van der Waals surface area contributed by atoms with E-state index in [1.165, 1.54) is 6.20 Å². The average molecular weight is 353 g/mol. The summed E-state index contributed by atoms with van der Waals surface area (Å²) in [6, 6.07) is 9.02. The molecule has 0 saturated carbocycles. The summed E-state index contributed by atoms with van der Waals surface area (Å²) in [5, 5.41) is 2.79. The van der Waals surface area contributed by atoms with Gasteiger partial charge in [-0.1, -0.05) is 12.1 Å². The summed E-state index contributed by atoms with van der Waals surface area (Å²) >= 11 is 2.17. The molecule has 2 aromatic rings. The van der Waals surface area contributed by atoms with E-state index in [4.69, 9.17) is 5.73 Å². The number of hydrogen-bond acceptors (Lipinski definition) is 3. The molecule has 1 heterocycles. The monoisotopic (exact) mass is 353 g/mol. The fourth-order valence-corrected chi connectivity index (χ4v) is 2.10. The molecule has 0 fully saturated rings. The van der Waals surface area contributed by atoms with Crippen molar-refractivity contribution in [3.8, 4) is 0 Å². The molecular formula is C13H12IN3O. The number of amides is 1. The molecule has 0 radical (unpaired) electrons. The third-order valence-electron chi connectivity index (χ3n) is 2.48. The summed E-state index contributed by atoms with van der Waals surface area (Å²) in [6.45, 7) is 1.98. The number of nitrogens with two attached hydrogens (primary N) is 1. The summed E-state index contributed by atoms with van der Waals surface area (Å²) in [7, 11) is 0. The molecule has 2 rings (SSSR count). The predicted octanol–water partition coefficient (Wildman–Crippen LogP) is 2.83. The minimum atomic E-state index is -0.144. The first kappa shape index (κ1) is 12.8. The molecule has 92 valence electrons. The van der Waals surface area contributed by atoms with Crippen LogP contribution >= 0.6 is 22.6 Å². The molecule has 0 atom stereocenters. The Labute approximate surface area is 119 Å². The van der Waals surface area contributed by atoms with Crippen LogP contribution in [0.2, 0.25) is 0 Å². The highest BCUT2D eigenvalue weighted by molar-refractivity contribution is 14.1. The molecule has 0 bridgehead atoms. The van der Waals surface area contributed by atoms with Gasteiger partial charge in [-0.2, -0.15) is 0 Å². The van der Waals surface area contributed by atoms with E-state index < -0.39 is 0 Å². The van der Waals surface area contributed by atoms with Crippen LogP contribution in [-0.2, 0) is 0 Å². The summed E-state index contributed by atoms with van der Waals surface area (Å²) in [4.78, 5) is 16.0. The van der Waals surface area contributed by atoms with Gasteiger partial charge in [0.05, 0.1) is 17.4 Å². The van der Waals surface area contributed by atoms with Gasteiger partial charge < -0.3 is 11.1 Å². The van der Waals surface area contributed by atoms with E-state index in [2.05, 4.69) is 32.9 Å². The van der Waals surface area contributed by atoms with Crippen molar-refractivity contribution in [1.82, 2.24) is 4.98 Å². The zero-order chi connectivity index (χ0) is 13.1. The number of halogens is 1. The Bertz CT molecular complexity index is 581. The predicted molar refractivity (Wildman–Crippen MR) is 80.5 cm³/mol. The molecule has 1 amide bonds. The van der Waals surface area contributed by atoms with Crippen LogP contribution in [0.1, 0.15) is 15.9 Å². The molecule has 3 N–H and O–H groups in total. The Hall–Kier alpha value is -1.63. The second-order valence-electron chi connectivity index (χ2n) is 3.86. The number of hydrogen-bond donors (Lipinski definition) is 2. The van der Waals surface area contributed by atoms with E-state index in [0.29, 0.717) is 17.1 Å². The van der Waals surface area contributed by atoms with Gasteiger partial charge in [-0.3, -0.25) is 4.79 Å². The number of nitrogens with one attached hydrogen (secondary N) is 1. The second-order valence-corrected chi connectivity index (χ2v) is 4.94. The molecule has 18 heavy (non-hydrogen) atoms. The Morgan fingerprint density at radius 2 is 2.11 bits per heavy atom. The van der Waals surface area contributed by atoms with Crippen molar-refractivity contribution in [2.24, 2.45) is 0 Å². The van der Waals surface area contributed by atoms with Gasteiger partial charge in [0.25, 0.3) is 5.91 Å². The molecule has 5 heteroatoms. The number of carbonyl (C=O) groups excluding carboxylic acids is 1. The lowest BCUT2D eigenvalue weighted by Crippen LogP contribution is -2.14. The van der Waals surface area contributed by atoms with Crippen molar-refractivity contribution in [2.45, 2.75) is 6.92 Å². The number of benzene rings is 1. The van der Waals surface area contributed by atoms with Gasteiger partial charge in [0.2, 0.25) is 0 Å². The highest BCUT2D eigenvalue weighted by Crippen LogP contribution is 2.18. The minimum absolute atomic E-state index is 0.144. The van der Waals surface area contributed by atoms with Crippen molar-refractivity contribution in [3.05, 3.63) is 51.2 Å². The van der Waals surface area contributed by atoms with Crippen molar-refractivity contribution < 1.29 is 4.79 Å². The Morgan fingerprint density at radius 3 is 2.78 bits per heavy atom. The fourth-order valence-electron chi connectivity index (χ4n) is 1.50. The Balaban J connectivity index is 2.22. The van der Waals surface area contributed by atoms with Crippen LogP contribution in [0.15, 0.2) is 36.5 Å². The van der Waals surface area contributed by atoms with Crippen LogP contribution in [0.3, 0.4) is 0 Å². The van der Waals surface area contributed by atoms with Gasteiger partial charge in [-0.15, -0.1) is 0 Å². The standard InChI is InChI=1S/C13H12IN3O/c1-8-3-2-4-10(12(8)14)13(18)17-9-5-6-11(15)16-7-9/h2-7H,1H3,(H2,15,16)(H,17,18). The van der Waals surface area contributed by atoms with E-state index in [0.717, 1.165) is 9.13 Å². The lowest BCUT2D eigenvalue weighted by molar-refractivity contribution is 0.102. The lowest BCUT2D eigenvalue weighted by atomic mass is 10.1. The van der Waals surface area contributed by atoms with Gasteiger partial charge >= 0.3 is 0 Å². The Morgan fingerprint density at radius 1 is 1.33 bits per heavy atom. The third kappa shape index (κ3) is 2.79. The average Bonchev–Trinajstić information content (AvgIpc) is 2.35. The molecule has 0 aliphatic carbocycles. The van der Waals surface area contributed by atoms with E-state index in [1.54, 1.807) is 18.2 Å². The first-order chi connectivity index (χ1) is 8.58. The van der Waals surface area contributed by atoms with Crippen LogP contribution < -0.4 is 11.1 Å². The van der Waals surface area contributed by atoms with Crippen molar-refractivity contribution in [2.75, 3.05) is 11.1 Å². The van der Waals surface area contributed by atoms with E-state index >= 15 is 0 Å². The van der Waals surface area contributed by atoms with Crippen LogP contribution in [-0.4, -0.2) is 10.9 Å². The van der Waals surface area contributed by atoms with E-state index in [1.807, 2.05) is 19.1 Å². The summed E-state index contributed by atoms with van der Waals surface area (Å²) in [6.07, 6.45) is 1.54. The summed E-state index contributed by atoms with van der Waals surface area (Å²) in [5.74, 6) is 0.285. The van der Waals surface area contributed by atoms with Crippen LogP contribution in [0.4, 0.5) is 11.5 Å². The fraction of sp³-hybridized carbons (Fsp3) is 0.0769. The van der Waals surface area contributed by atoms with Gasteiger partial charge in [0.1, 0.15) is 5.82 Å².